The first kappa shape index (κ1) is 17.4. The molecule has 11 heteroatoms. The average molecular weight is 430 g/mol. The Balaban J connectivity index is 2.05. The van der Waals surface area contributed by atoms with Gasteiger partial charge in [0, 0.05) is 10.5 Å². The molecule has 0 aliphatic heterocycles. The molecule has 0 saturated carbocycles. The number of tetrazole rings is 1. The zero-order chi connectivity index (χ0) is 18.2. The highest BCUT2D eigenvalue weighted by atomic mass is 79.9. The van der Waals surface area contributed by atoms with Crippen molar-refractivity contribution in [2.45, 2.75) is 11.8 Å². The summed E-state index contributed by atoms with van der Waals surface area (Å²) in [6.07, 6.45) is 1.36. The number of nitrogens with one attached hydrogen (secondary N) is 1. The van der Waals surface area contributed by atoms with Gasteiger partial charge in [0.05, 0.1) is 11.4 Å². The molecule has 0 radical (unpaired) electrons. The second kappa shape index (κ2) is 6.48. The third-order valence-corrected chi connectivity index (χ3v) is 5.71. The summed E-state index contributed by atoms with van der Waals surface area (Å²) in [5.41, 5.74) is 1.28. The number of hydrogen-bond acceptors (Lipinski definition) is 5. The van der Waals surface area contributed by atoms with E-state index in [2.05, 4.69) is 36.2 Å². The van der Waals surface area contributed by atoms with Gasteiger partial charge in [-0.15, -0.1) is 5.10 Å². The normalized spacial score (nSPS) is 11.5. The number of anilines is 1. The molecule has 0 aliphatic rings. The van der Waals surface area contributed by atoms with Crippen LogP contribution in [0.15, 0.2) is 46.0 Å². The van der Waals surface area contributed by atoms with Crippen molar-refractivity contribution in [2.24, 2.45) is 0 Å². The highest BCUT2D eigenvalue weighted by Crippen LogP contribution is 2.30. The summed E-state index contributed by atoms with van der Waals surface area (Å²) in [5.74, 6) is -2.09. The molecule has 0 fully saturated rings. The van der Waals surface area contributed by atoms with Crippen LogP contribution < -0.4 is 4.72 Å². The second-order valence-electron chi connectivity index (χ2n) is 5.01. The summed E-state index contributed by atoms with van der Waals surface area (Å²) >= 11 is 2.88. The minimum Gasteiger partial charge on any atom is -0.279 e. The largest absolute Gasteiger partial charge is 0.279 e. The van der Waals surface area contributed by atoms with E-state index < -0.39 is 26.6 Å². The number of benzene rings is 2. The lowest BCUT2D eigenvalue weighted by Crippen LogP contribution is -2.17. The molecule has 1 N–H and O–H groups in total. The third-order valence-electron chi connectivity index (χ3n) is 3.38. The Bertz CT molecular complexity index is 1020. The predicted molar refractivity (Wildman–Crippen MR) is 88.8 cm³/mol. The molecule has 0 saturated heterocycles. The van der Waals surface area contributed by atoms with Gasteiger partial charge in [-0.05, 0) is 57.0 Å². The van der Waals surface area contributed by atoms with Crippen LogP contribution in [0.4, 0.5) is 14.5 Å². The van der Waals surface area contributed by atoms with E-state index >= 15 is 0 Å². The van der Waals surface area contributed by atoms with Gasteiger partial charge >= 0.3 is 0 Å². The van der Waals surface area contributed by atoms with Crippen LogP contribution in [0.1, 0.15) is 5.56 Å². The lowest BCUT2D eigenvalue weighted by molar-refractivity contribution is 0.548. The third kappa shape index (κ3) is 3.37. The zero-order valence-corrected chi connectivity index (χ0v) is 15.0. The van der Waals surface area contributed by atoms with E-state index in [1.165, 1.54) is 17.1 Å². The van der Waals surface area contributed by atoms with Crippen LogP contribution in [0.25, 0.3) is 5.69 Å². The summed E-state index contributed by atoms with van der Waals surface area (Å²) < 4.78 is 55.7. The van der Waals surface area contributed by atoms with E-state index in [9.17, 15) is 17.2 Å². The topological polar surface area (TPSA) is 89.8 Å². The Hall–Kier alpha value is -2.40. The molecule has 3 rings (SSSR count). The van der Waals surface area contributed by atoms with E-state index in [0.29, 0.717) is 17.3 Å². The summed E-state index contributed by atoms with van der Waals surface area (Å²) in [6, 6.07) is 6.18. The lowest BCUT2D eigenvalue weighted by atomic mass is 10.1. The highest BCUT2D eigenvalue weighted by Gasteiger charge is 2.24. The summed E-state index contributed by atoms with van der Waals surface area (Å²) in [7, 11) is -4.30. The maximum Gasteiger partial charge on any atom is 0.265 e. The molecule has 0 spiro atoms. The number of rotatable bonds is 4. The molecule has 0 unspecified atom stereocenters. The molecule has 0 aliphatic carbocycles. The van der Waals surface area contributed by atoms with Gasteiger partial charge in [0.25, 0.3) is 10.0 Å². The Kier molecular flexibility index (Phi) is 4.52. The monoisotopic (exact) mass is 429 g/mol. The van der Waals surface area contributed by atoms with Gasteiger partial charge in [-0.3, -0.25) is 4.72 Å². The van der Waals surface area contributed by atoms with E-state index in [1.54, 1.807) is 19.1 Å². The van der Waals surface area contributed by atoms with Gasteiger partial charge in [0.1, 0.15) is 22.9 Å². The van der Waals surface area contributed by atoms with Gasteiger partial charge in [0.15, 0.2) is 0 Å². The highest BCUT2D eigenvalue weighted by molar-refractivity contribution is 9.10. The van der Waals surface area contributed by atoms with Crippen molar-refractivity contribution in [1.82, 2.24) is 20.2 Å². The number of aromatic nitrogens is 4. The van der Waals surface area contributed by atoms with Crippen LogP contribution in [0.5, 0.6) is 0 Å². The Morgan fingerprint density at radius 1 is 1.24 bits per heavy atom. The fourth-order valence-corrected chi connectivity index (χ4v) is 4.53. The SMILES string of the molecule is Cc1c(NS(=O)(=O)c2c(F)cc(F)cc2Br)cccc1-n1cnnn1. The fourth-order valence-electron chi connectivity index (χ4n) is 2.24. The van der Waals surface area contributed by atoms with Gasteiger partial charge in [-0.1, -0.05) is 6.07 Å². The molecule has 2 aromatic carbocycles. The van der Waals surface area contributed by atoms with Crippen molar-refractivity contribution in [3.8, 4) is 5.69 Å². The number of halogens is 3. The maximum absolute atomic E-state index is 14.0. The first-order valence-corrected chi connectivity index (χ1v) is 9.07. The lowest BCUT2D eigenvalue weighted by Gasteiger charge is -2.14. The Morgan fingerprint density at radius 2 is 2.00 bits per heavy atom. The summed E-state index contributed by atoms with van der Waals surface area (Å²) in [5, 5.41) is 10.8. The van der Waals surface area contributed by atoms with E-state index in [1.807, 2.05) is 0 Å². The number of nitrogens with zero attached hydrogens (tertiary/aromatic N) is 4. The second-order valence-corrected chi connectivity index (χ2v) is 7.48. The smallest absolute Gasteiger partial charge is 0.265 e. The van der Waals surface area contributed by atoms with Gasteiger partial charge in [0.2, 0.25) is 0 Å². The molecular formula is C14H10BrF2N5O2S. The van der Waals surface area contributed by atoms with Gasteiger partial charge in [-0.2, -0.15) is 0 Å². The fraction of sp³-hybridized carbons (Fsp3) is 0.0714. The Morgan fingerprint density at radius 3 is 2.64 bits per heavy atom. The summed E-state index contributed by atoms with van der Waals surface area (Å²) in [4.78, 5) is -0.680. The van der Waals surface area contributed by atoms with Crippen molar-refractivity contribution in [3.63, 3.8) is 0 Å². The quantitative estimate of drug-likeness (QED) is 0.688. The van der Waals surface area contributed by atoms with Crippen LogP contribution in [0.3, 0.4) is 0 Å². The average Bonchev–Trinajstić information content (AvgIpc) is 3.01. The van der Waals surface area contributed by atoms with Crippen LogP contribution in [0, 0.1) is 18.6 Å². The minimum absolute atomic E-state index is 0.212. The Labute approximate surface area is 149 Å². The minimum atomic E-state index is -4.30. The van der Waals surface area contributed by atoms with Crippen molar-refractivity contribution in [3.05, 3.63) is 58.3 Å². The molecule has 0 atom stereocenters. The number of sulfonamides is 1. The van der Waals surface area contributed by atoms with E-state index in [0.717, 1.165) is 6.07 Å². The molecular weight excluding hydrogens is 420 g/mol. The van der Waals surface area contributed by atoms with E-state index in [-0.39, 0.29) is 10.2 Å². The molecule has 3 aromatic rings. The molecule has 7 nitrogen and oxygen atoms in total. The molecule has 1 aromatic heterocycles. The van der Waals surface area contributed by atoms with Crippen molar-refractivity contribution < 1.29 is 17.2 Å². The van der Waals surface area contributed by atoms with Crippen LogP contribution in [-0.4, -0.2) is 28.6 Å². The van der Waals surface area contributed by atoms with Gasteiger partial charge < -0.3 is 0 Å². The maximum atomic E-state index is 14.0. The van der Waals surface area contributed by atoms with Crippen LogP contribution >= 0.6 is 15.9 Å². The van der Waals surface area contributed by atoms with Gasteiger partial charge in [-0.25, -0.2) is 21.9 Å². The summed E-state index contributed by atoms with van der Waals surface area (Å²) in [6.45, 7) is 1.66. The predicted octanol–water partition coefficient (Wildman–Crippen LogP) is 2.81. The number of hydrogen-bond donors (Lipinski definition) is 1. The molecule has 1 heterocycles. The van der Waals surface area contributed by atoms with Crippen LogP contribution in [-0.2, 0) is 10.0 Å². The zero-order valence-electron chi connectivity index (χ0n) is 12.6. The molecule has 130 valence electrons. The molecule has 0 amide bonds. The van der Waals surface area contributed by atoms with E-state index in [4.69, 9.17) is 0 Å². The van der Waals surface area contributed by atoms with Crippen molar-refractivity contribution in [2.75, 3.05) is 4.72 Å². The molecule has 25 heavy (non-hydrogen) atoms. The first-order valence-electron chi connectivity index (χ1n) is 6.80. The molecule has 0 bridgehead atoms. The first-order chi connectivity index (χ1) is 11.8. The van der Waals surface area contributed by atoms with Crippen LogP contribution in [0.2, 0.25) is 0 Å². The van der Waals surface area contributed by atoms with Crippen molar-refractivity contribution in [1.29, 1.82) is 0 Å². The standard InChI is InChI=1S/C14H10BrF2N5O2S/c1-8-12(3-2-4-13(8)22-7-18-20-21-22)19-25(23,24)14-10(15)5-9(16)6-11(14)17/h2-7,19H,1H3. The van der Waals surface area contributed by atoms with Crippen molar-refractivity contribution >= 4 is 31.6 Å².